The molecule has 0 spiro atoms. The minimum Gasteiger partial charge on any atom is -0.293 e. The molecule has 0 aliphatic heterocycles. The van der Waals surface area contributed by atoms with Crippen LogP contribution in [0.25, 0.3) is 0 Å². The van der Waals surface area contributed by atoms with Crippen LogP contribution in [0.2, 0.25) is 5.02 Å². The third-order valence-electron chi connectivity index (χ3n) is 3.81. The Bertz CT molecular complexity index is 629. The van der Waals surface area contributed by atoms with E-state index < -0.39 is 0 Å². The van der Waals surface area contributed by atoms with E-state index in [0.29, 0.717) is 0 Å². The number of halogens is 1. The molecule has 1 nitrogen and oxygen atoms in total. The second-order valence-corrected chi connectivity index (χ2v) is 6.48. The molecular weight excluding hydrogens is 276 g/mol. The van der Waals surface area contributed by atoms with Crippen LogP contribution in [-0.4, -0.2) is 5.78 Å². The molecule has 0 bridgehead atoms. The van der Waals surface area contributed by atoms with E-state index in [9.17, 15) is 4.79 Å². The summed E-state index contributed by atoms with van der Waals surface area (Å²) in [7, 11) is 0. The highest BCUT2D eigenvalue weighted by Crippen LogP contribution is 2.37. The quantitative estimate of drug-likeness (QED) is 0.710. The molecule has 1 aromatic heterocycles. The first-order valence-electron chi connectivity index (χ1n) is 6.53. The Morgan fingerprint density at radius 3 is 3.00 bits per heavy atom. The van der Waals surface area contributed by atoms with Crippen LogP contribution in [0, 0.1) is 6.92 Å². The summed E-state index contributed by atoms with van der Waals surface area (Å²) in [5.74, 6) is 0.273. The molecule has 19 heavy (non-hydrogen) atoms. The lowest BCUT2D eigenvalue weighted by molar-refractivity contribution is 0.0951. The maximum absolute atomic E-state index is 12.7. The summed E-state index contributed by atoms with van der Waals surface area (Å²) < 4.78 is 0. The topological polar surface area (TPSA) is 17.1 Å². The third kappa shape index (κ3) is 2.35. The third-order valence-corrected chi connectivity index (χ3v) is 5.23. The lowest BCUT2D eigenvalue weighted by atomic mass is 9.82. The number of ketones is 1. The molecule has 0 fully saturated rings. The minimum atomic E-state index is 0.0376. The first-order valence-corrected chi connectivity index (χ1v) is 7.79. The molecule has 1 heterocycles. The van der Waals surface area contributed by atoms with Crippen molar-refractivity contribution in [3.05, 3.63) is 56.2 Å². The van der Waals surface area contributed by atoms with Crippen LogP contribution in [-0.2, 0) is 6.42 Å². The summed E-state index contributed by atoms with van der Waals surface area (Å²) in [5.41, 5.74) is 2.99. The molecule has 2 aromatic rings. The summed E-state index contributed by atoms with van der Waals surface area (Å²) in [5, 5.41) is 2.82. The molecule has 1 aliphatic rings. The zero-order valence-electron chi connectivity index (χ0n) is 10.8. The van der Waals surface area contributed by atoms with Gasteiger partial charge in [-0.3, -0.25) is 4.79 Å². The molecule has 1 aromatic carbocycles. The molecule has 3 heteroatoms. The lowest BCUT2D eigenvalue weighted by Gasteiger charge is -2.21. The van der Waals surface area contributed by atoms with E-state index in [0.717, 1.165) is 35.4 Å². The minimum absolute atomic E-state index is 0.0376. The van der Waals surface area contributed by atoms with Crippen LogP contribution in [0.3, 0.4) is 0 Å². The maximum atomic E-state index is 12.7. The average Bonchev–Trinajstić information content (AvgIpc) is 2.89. The number of carbonyl (C=O) groups excluding carboxylic acids is 1. The fourth-order valence-corrected chi connectivity index (χ4v) is 3.86. The number of rotatable bonds is 2. The number of thiophene rings is 1. The number of aryl methyl sites for hydroxylation is 2. The van der Waals surface area contributed by atoms with E-state index in [1.54, 1.807) is 11.3 Å². The number of hydrogen-bond donors (Lipinski definition) is 0. The first-order chi connectivity index (χ1) is 9.16. The predicted molar refractivity (Wildman–Crippen MR) is 80.5 cm³/mol. The van der Waals surface area contributed by atoms with Crippen LogP contribution in [0.4, 0.5) is 0 Å². The van der Waals surface area contributed by atoms with E-state index >= 15 is 0 Å². The van der Waals surface area contributed by atoms with Gasteiger partial charge in [0.15, 0.2) is 5.78 Å². The van der Waals surface area contributed by atoms with Crippen LogP contribution in [0.1, 0.15) is 45.1 Å². The van der Waals surface area contributed by atoms with Gasteiger partial charge in [0.05, 0.1) is 0 Å². The standard InChI is InChI=1S/C16H15ClOS/c1-10-9-11(5-6-14(10)17)16(18)13-3-2-4-15-12(13)7-8-19-15/h5-9,13H,2-4H2,1H3. The van der Waals surface area contributed by atoms with Crippen molar-refractivity contribution < 1.29 is 4.79 Å². The molecule has 1 aliphatic carbocycles. The molecular formula is C16H15ClOS. The second kappa shape index (κ2) is 5.10. The van der Waals surface area contributed by atoms with Gasteiger partial charge in [0.1, 0.15) is 0 Å². The first kappa shape index (κ1) is 12.9. The molecule has 0 amide bonds. The zero-order chi connectivity index (χ0) is 13.4. The van der Waals surface area contributed by atoms with Gasteiger partial charge in [0.25, 0.3) is 0 Å². The van der Waals surface area contributed by atoms with Crippen LogP contribution < -0.4 is 0 Å². The summed E-state index contributed by atoms with van der Waals surface area (Å²) in [6.45, 7) is 1.94. The largest absolute Gasteiger partial charge is 0.293 e. The molecule has 1 unspecified atom stereocenters. The van der Waals surface area contributed by atoms with E-state index in [2.05, 4.69) is 11.4 Å². The molecule has 98 valence electrons. The maximum Gasteiger partial charge on any atom is 0.170 e. The number of benzene rings is 1. The van der Waals surface area contributed by atoms with Crippen molar-refractivity contribution in [2.24, 2.45) is 0 Å². The Morgan fingerprint density at radius 2 is 2.21 bits per heavy atom. The SMILES string of the molecule is Cc1cc(C(=O)C2CCCc3sccc32)ccc1Cl. The van der Waals surface area contributed by atoms with E-state index in [-0.39, 0.29) is 11.7 Å². The Labute approximate surface area is 122 Å². The Kier molecular flexibility index (Phi) is 3.46. The van der Waals surface area contributed by atoms with E-state index in [4.69, 9.17) is 11.6 Å². The van der Waals surface area contributed by atoms with Gasteiger partial charge in [0, 0.05) is 21.4 Å². The highest BCUT2D eigenvalue weighted by atomic mass is 35.5. The summed E-state index contributed by atoms with van der Waals surface area (Å²) in [4.78, 5) is 14.1. The smallest absolute Gasteiger partial charge is 0.170 e. The van der Waals surface area contributed by atoms with Crippen molar-refractivity contribution in [3.63, 3.8) is 0 Å². The lowest BCUT2D eigenvalue weighted by Crippen LogP contribution is -2.17. The highest BCUT2D eigenvalue weighted by Gasteiger charge is 2.28. The monoisotopic (exact) mass is 290 g/mol. The number of fused-ring (bicyclic) bond motifs is 1. The highest BCUT2D eigenvalue weighted by molar-refractivity contribution is 7.10. The Balaban J connectivity index is 1.95. The Hall–Kier alpha value is -1.12. The van der Waals surface area contributed by atoms with Gasteiger partial charge < -0.3 is 0 Å². The molecule has 0 saturated heterocycles. The molecule has 0 saturated carbocycles. The molecule has 3 rings (SSSR count). The van der Waals surface area contributed by atoms with Crippen molar-refractivity contribution in [2.75, 3.05) is 0 Å². The number of Topliss-reactive ketones (excluding diaryl/α,β-unsaturated/α-hetero) is 1. The summed E-state index contributed by atoms with van der Waals surface area (Å²) in [6.07, 6.45) is 3.19. The van der Waals surface area contributed by atoms with Gasteiger partial charge in [-0.15, -0.1) is 11.3 Å². The van der Waals surface area contributed by atoms with E-state index in [1.165, 1.54) is 10.4 Å². The average molecular weight is 291 g/mol. The second-order valence-electron chi connectivity index (χ2n) is 5.07. The Morgan fingerprint density at radius 1 is 1.37 bits per heavy atom. The van der Waals surface area contributed by atoms with Gasteiger partial charge in [-0.25, -0.2) is 0 Å². The van der Waals surface area contributed by atoms with Crippen LogP contribution >= 0.6 is 22.9 Å². The molecule has 1 atom stereocenters. The predicted octanol–water partition coefficient (Wildman–Crippen LogP) is 5.01. The van der Waals surface area contributed by atoms with E-state index in [1.807, 2.05) is 25.1 Å². The van der Waals surface area contributed by atoms with Gasteiger partial charge in [-0.05, 0) is 67.0 Å². The van der Waals surface area contributed by atoms with Crippen LogP contribution in [0.15, 0.2) is 29.6 Å². The van der Waals surface area contributed by atoms with Gasteiger partial charge in [-0.2, -0.15) is 0 Å². The van der Waals surface area contributed by atoms with Crippen molar-refractivity contribution in [3.8, 4) is 0 Å². The van der Waals surface area contributed by atoms with Crippen molar-refractivity contribution in [1.29, 1.82) is 0 Å². The van der Waals surface area contributed by atoms with Gasteiger partial charge in [-0.1, -0.05) is 11.6 Å². The van der Waals surface area contributed by atoms with Crippen molar-refractivity contribution in [2.45, 2.75) is 32.1 Å². The molecule has 0 radical (unpaired) electrons. The normalized spacial score (nSPS) is 18.1. The zero-order valence-corrected chi connectivity index (χ0v) is 12.4. The fourth-order valence-electron chi connectivity index (χ4n) is 2.76. The fraction of sp³-hybridized carbons (Fsp3) is 0.312. The molecule has 0 N–H and O–H groups in total. The van der Waals surface area contributed by atoms with Crippen molar-refractivity contribution >= 4 is 28.7 Å². The van der Waals surface area contributed by atoms with Crippen molar-refractivity contribution in [1.82, 2.24) is 0 Å². The number of carbonyl (C=O) groups is 1. The summed E-state index contributed by atoms with van der Waals surface area (Å²) in [6, 6.07) is 7.69. The van der Waals surface area contributed by atoms with Gasteiger partial charge in [0.2, 0.25) is 0 Å². The summed E-state index contributed by atoms with van der Waals surface area (Å²) >= 11 is 7.80. The van der Waals surface area contributed by atoms with Crippen LogP contribution in [0.5, 0.6) is 0 Å². The van der Waals surface area contributed by atoms with Gasteiger partial charge >= 0.3 is 0 Å². The number of hydrogen-bond acceptors (Lipinski definition) is 2.